The second-order valence-corrected chi connectivity index (χ2v) is 14.9. The molecule has 0 aliphatic carbocycles. The first kappa shape index (κ1) is 35.4. The third kappa shape index (κ3) is 5.85. The van der Waals surface area contributed by atoms with Crippen molar-refractivity contribution in [2.45, 2.75) is 20.0 Å². The van der Waals surface area contributed by atoms with Gasteiger partial charge in [-0.05, 0) is 95.8 Å². The Labute approximate surface area is 330 Å². The molecular formula is C51H33F5N2. The van der Waals surface area contributed by atoms with Crippen LogP contribution in [0.25, 0.3) is 88.4 Å². The number of halogens is 5. The molecule has 7 heteroatoms. The van der Waals surface area contributed by atoms with E-state index in [0.29, 0.717) is 22.1 Å². The van der Waals surface area contributed by atoms with Crippen LogP contribution in [-0.2, 0) is 6.18 Å². The van der Waals surface area contributed by atoms with Crippen LogP contribution in [0.3, 0.4) is 0 Å². The van der Waals surface area contributed by atoms with E-state index in [1.54, 1.807) is 21.3 Å². The van der Waals surface area contributed by atoms with E-state index in [1.807, 2.05) is 135 Å². The van der Waals surface area contributed by atoms with Crippen molar-refractivity contribution in [1.82, 2.24) is 9.13 Å². The lowest BCUT2D eigenvalue weighted by Gasteiger charge is -2.23. The number of hydrogen-bond acceptors (Lipinski definition) is 0. The Morgan fingerprint density at radius 3 is 1.17 bits per heavy atom. The van der Waals surface area contributed by atoms with Crippen molar-refractivity contribution in [1.29, 1.82) is 0 Å². The maximum absolute atomic E-state index is 16.4. The Balaban J connectivity index is 1.37. The van der Waals surface area contributed by atoms with Gasteiger partial charge in [-0.25, -0.2) is 8.78 Å². The Hall–Kier alpha value is -6.99. The fourth-order valence-electron chi connectivity index (χ4n) is 8.45. The average Bonchev–Trinajstić information content (AvgIpc) is 3.72. The van der Waals surface area contributed by atoms with E-state index in [4.69, 9.17) is 0 Å². The minimum atomic E-state index is -4.89. The molecular weight excluding hydrogens is 736 g/mol. The van der Waals surface area contributed by atoms with Gasteiger partial charge in [0, 0.05) is 27.6 Å². The van der Waals surface area contributed by atoms with E-state index in [-0.39, 0.29) is 22.5 Å². The molecule has 2 heterocycles. The zero-order valence-corrected chi connectivity index (χ0v) is 31.4. The monoisotopic (exact) mass is 768 g/mol. The highest BCUT2D eigenvalue weighted by molar-refractivity contribution is 6.12. The van der Waals surface area contributed by atoms with Crippen LogP contribution in [0, 0.1) is 25.5 Å². The molecule has 0 bridgehead atoms. The van der Waals surface area contributed by atoms with Gasteiger partial charge in [-0.3, -0.25) is 0 Å². The lowest BCUT2D eigenvalue weighted by Crippen LogP contribution is -2.16. The van der Waals surface area contributed by atoms with E-state index >= 15 is 13.2 Å². The standard InChI is InChI=1S/C51H33F5N2/c1-30-11-15-32(16-12-30)34-19-21-42-40-7-3-5-9-44(40)57(46(42)25-34)48-27-37(36-23-38(52)29-39(53)24-36)28-49(50(48)51(54,55)56)58-45-10-6-4-8-41(45)43-22-20-35(26-47(43)58)33-17-13-31(2)14-18-33/h3-29H,1-2H3. The summed E-state index contributed by atoms with van der Waals surface area (Å²) in [5, 5.41) is 3.07. The first-order chi connectivity index (χ1) is 28.0. The molecule has 10 aromatic rings. The van der Waals surface area contributed by atoms with Crippen LogP contribution in [0.2, 0.25) is 0 Å². The lowest BCUT2D eigenvalue weighted by atomic mass is 9.98. The number of rotatable bonds is 5. The molecule has 0 saturated carbocycles. The number of nitrogens with zero attached hydrogens (tertiary/aromatic N) is 2. The Morgan fingerprint density at radius 1 is 0.362 bits per heavy atom. The number of para-hydroxylation sites is 2. The van der Waals surface area contributed by atoms with Gasteiger partial charge in [0.05, 0.1) is 33.4 Å². The van der Waals surface area contributed by atoms with Gasteiger partial charge >= 0.3 is 6.18 Å². The van der Waals surface area contributed by atoms with Crippen molar-refractivity contribution in [3.05, 3.63) is 192 Å². The summed E-state index contributed by atoms with van der Waals surface area (Å²) in [6, 6.07) is 48.3. The topological polar surface area (TPSA) is 9.86 Å². The lowest BCUT2D eigenvalue weighted by molar-refractivity contribution is -0.137. The number of aryl methyl sites for hydroxylation is 2. The predicted octanol–water partition coefficient (Wildman–Crippen LogP) is 14.8. The highest BCUT2D eigenvalue weighted by Gasteiger charge is 2.39. The Morgan fingerprint density at radius 2 is 0.741 bits per heavy atom. The number of aromatic nitrogens is 2. The highest BCUT2D eigenvalue weighted by atomic mass is 19.4. The SMILES string of the molecule is Cc1ccc(-c2ccc3c4ccccc4n(-c4cc(-c5cc(F)cc(F)c5)cc(-n5c6ccccc6c6ccc(-c7ccc(C)cc7)cc65)c4C(F)(F)F)c3c2)cc1. The molecule has 2 nitrogen and oxygen atoms in total. The summed E-state index contributed by atoms with van der Waals surface area (Å²) in [6.45, 7) is 4.00. The molecule has 58 heavy (non-hydrogen) atoms. The fourth-order valence-corrected chi connectivity index (χ4v) is 8.45. The maximum Gasteiger partial charge on any atom is 0.420 e. The molecule has 8 aromatic carbocycles. The Kier molecular flexibility index (Phi) is 8.13. The zero-order valence-electron chi connectivity index (χ0n) is 31.4. The largest absolute Gasteiger partial charge is 0.420 e. The van der Waals surface area contributed by atoms with Crippen LogP contribution in [0.15, 0.2) is 164 Å². The number of hydrogen-bond donors (Lipinski definition) is 0. The van der Waals surface area contributed by atoms with Crippen LogP contribution in [0.1, 0.15) is 16.7 Å². The van der Waals surface area contributed by atoms with E-state index in [0.717, 1.165) is 73.1 Å². The smallest absolute Gasteiger partial charge is 0.309 e. The summed E-state index contributed by atoms with van der Waals surface area (Å²) in [7, 11) is 0. The first-order valence-corrected chi connectivity index (χ1v) is 18.9. The van der Waals surface area contributed by atoms with Crippen molar-refractivity contribution in [2.24, 2.45) is 0 Å². The molecule has 10 rings (SSSR count). The third-order valence-electron chi connectivity index (χ3n) is 11.2. The molecule has 0 saturated heterocycles. The van der Waals surface area contributed by atoms with E-state index < -0.39 is 23.4 Å². The van der Waals surface area contributed by atoms with Crippen molar-refractivity contribution >= 4 is 43.6 Å². The van der Waals surface area contributed by atoms with Gasteiger partial charge in [0.25, 0.3) is 0 Å². The molecule has 0 spiro atoms. The summed E-state index contributed by atoms with van der Waals surface area (Å²) >= 11 is 0. The van der Waals surface area contributed by atoms with Gasteiger partial charge in [-0.15, -0.1) is 0 Å². The predicted molar refractivity (Wildman–Crippen MR) is 226 cm³/mol. The quantitative estimate of drug-likeness (QED) is 0.154. The van der Waals surface area contributed by atoms with Crippen LogP contribution < -0.4 is 0 Å². The van der Waals surface area contributed by atoms with E-state index in [1.165, 1.54) is 12.1 Å². The summed E-state index contributed by atoms with van der Waals surface area (Å²) in [4.78, 5) is 0. The van der Waals surface area contributed by atoms with E-state index in [9.17, 15) is 8.78 Å². The van der Waals surface area contributed by atoms with Gasteiger partial charge < -0.3 is 9.13 Å². The van der Waals surface area contributed by atoms with Gasteiger partial charge in [-0.2, -0.15) is 13.2 Å². The molecule has 282 valence electrons. The molecule has 0 fully saturated rings. The van der Waals surface area contributed by atoms with Crippen LogP contribution in [0.5, 0.6) is 0 Å². The summed E-state index contributed by atoms with van der Waals surface area (Å²) in [5.41, 5.74) is 7.00. The number of fused-ring (bicyclic) bond motifs is 6. The first-order valence-electron chi connectivity index (χ1n) is 18.9. The number of alkyl halides is 3. The number of benzene rings is 8. The maximum atomic E-state index is 16.4. The van der Waals surface area contributed by atoms with Crippen molar-refractivity contribution < 1.29 is 22.0 Å². The van der Waals surface area contributed by atoms with Crippen molar-refractivity contribution in [3.63, 3.8) is 0 Å². The molecule has 0 radical (unpaired) electrons. The minimum absolute atomic E-state index is 0.107. The van der Waals surface area contributed by atoms with Gasteiger partial charge in [0.2, 0.25) is 0 Å². The van der Waals surface area contributed by atoms with Crippen LogP contribution >= 0.6 is 0 Å². The van der Waals surface area contributed by atoms with E-state index in [2.05, 4.69) is 0 Å². The third-order valence-corrected chi connectivity index (χ3v) is 11.2. The Bertz CT molecular complexity index is 3040. The average molecular weight is 769 g/mol. The summed E-state index contributed by atoms with van der Waals surface area (Å²) in [6.07, 6.45) is -4.89. The summed E-state index contributed by atoms with van der Waals surface area (Å²) < 4.78 is 82.4. The molecule has 0 N–H and O–H groups in total. The fraction of sp³-hybridized carbons (Fsp3) is 0.0588. The molecule has 0 aliphatic heterocycles. The zero-order chi connectivity index (χ0) is 39.9. The summed E-state index contributed by atoms with van der Waals surface area (Å²) in [5.74, 6) is -1.67. The van der Waals surface area contributed by atoms with Crippen LogP contribution in [0.4, 0.5) is 22.0 Å². The molecule has 0 aliphatic rings. The molecule has 0 unspecified atom stereocenters. The molecule has 2 aromatic heterocycles. The molecule has 0 amide bonds. The van der Waals surface area contributed by atoms with Crippen LogP contribution in [-0.4, -0.2) is 9.13 Å². The second kappa shape index (κ2) is 13.3. The van der Waals surface area contributed by atoms with Crippen molar-refractivity contribution in [2.75, 3.05) is 0 Å². The normalized spacial score (nSPS) is 12.1. The van der Waals surface area contributed by atoms with Gasteiger partial charge in [0.15, 0.2) is 0 Å². The van der Waals surface area contributed by atoms with Crippen molar-refractivity contribution in [3.8, 4) is 44.8 Å². The molecule has 0 atom stereocenters. The second-order valence-electron chi connectivity index (χ2n) is 14.9. The van der Waals surface area contributed by atoms with Gasteiger partial charge in [-0.1, -0.05) is 120 Å². The minimum Gasteiger partial charge on any atom is -0.309 e. The van der Waals surface area contributed by atoms with Gasteiger partial charge in [0.1, 0.15) is 17.2 Å². The highest BCUT2D eigenvalue weighted by Crippen LogP contribution is 2.47.